The van der Waals surface area contributed by atoms with Gasteiger partial charge in [0.15, 0.2) is 0 Å². The van der Waals surface area contributed by atoms with Crippen LogP contribution in [0, 0.1) is 0 Å². The predicted molar refractivity (Wildman–Crippen MR) is 68.5 cm³/mol. The molecule has 102 valence electrons. The third kappa shape index (κ3) is 3.30. The predicted octanol–water partition coefficient (Wildman–Crippen LogP) is 0.453. The second-order valence-electron chi connectivity index (χ2n) is 4.68. The Hall–Kier alpha value is -0.920. The average Bonchev–Trinajstić information content (AvgIpc) is 2.96. The van der Waals surface area contributed by atoms with Crippen LogP contribution in [-0.4, -0.2) is 30.8 Å². The molecule has 1 fully saturated rings. The van der Waals surface area contributed by atoms with Crippen molar-refractivity contribution in [1.29, 1.82) is 0 Å². The maximum atomic E-state index is 12.1. The summed E-state index contributed by atoms with van der Waals surface area (Å²) < 4.78 is 28.5. The van der Waals surface area contributed by atoms with Crippen LogP contribution in [0.4, 0.5) is 0 Å². The van der Waals surface area contributed by atoms with Crippen molar-refractivity contribution in [2.24, 2.45) is 5.73 Å². The smallest absolute Gasteiger partial charge is 0.243 e. The molecule has 2 rings (SSSR count). The zero-order valence-corrected chi connectivity index (χ0v) is 11.2. The van der Waals surface area contributed by atoms with Gasteiger partial charge in [0.05, 0.1) is 6.20 Å². The molecule has 0 bridgehead atoms. The van der Waals surface area contributed by atoms with Crippen LogP contribution in [-0.2, 0) is 16.6 Å². The molecule has 7 heteroatoms. The number of aryl methyl sites for hydroxylation is 1. The van der Waals surface area contributed by atoms with E-state index in [0.29, 0.717) is 13.1 Å². The summed E-state index contributed by atoms with van der Waals surface area (Å²) in [7, 11) is -3.41. The first-order chi connectivity index (χ1) is 8.62. The van der Waals surface area contributed by atoms with Crippen LogP contribution in [0.3, 0.4) is 0 Å². The number of hydrogen-bond acceptors (Lipinski definition) is 4. The first kappa shape index (κ1) is 13.5. The van der Waals surface area contributed by atoms with E-state index in [4.69, 9.17) is 5.73 Å². The summed E-state index contributed by atoms with van der Waals surface area (Å²) in [5.74, 6) is 0. The van der Waals surface area contributed by atoms with E-state index < -0.39 is 10.0 Å². The van der Waals surface area contributed by atoms with Crippen LogP contribution in [0.1, 0.15) is 32.1 Å². The Bertz CT molecular complexity index is 477. The Kier molecular flexibility index (Phi) is 4.36. The summed E-state index contributed by atoms with van der Waals surface area (Å²) in [6.45, 7) is 1.22. The number of nitrogens with zero attached hydrogens (tertiary/aromatic N) is 2. The lowest BCUT2D eigenvalue weighted by atomic mass is 10.3. The fourth-order valence-electron chi connectivity index (χ4n) is 2.19. The van der Waals surface area contributed by atoms with Crippen molar-refractivity contribution in [2.45, 2.75) is 49.6 Å². The fourth-order valence-corrected chi connectivity index (χ4v) is 3.45. The van der Waals surface area contributed by atoms with E-state index in [0.717, 1.165) is 32.1 Å². The van der Waals surface area contributed by atoms with Gasteiger partial charge in [-0.3, -0.25) is 4.68 Å². The van der Waals surface area contributed by atoms with Crippen LogP contribution in [0.5, 0.6) is 0 Å². The van der Waals surface area contributed by atoms with Gasteiger partial charge in [0.2, 0.25) is 10.0 Å². The molecular weight excluding hydrogens is 252 g/mol. The minimum absolute atomic E-state index is 0.0855. The Labute approximate surface area is 108 Å². The number of hydrogen-bond donors (Lipinski definition) is 2. The van der Waals surface area contributed by atoms with E-state index in [2.05, 4.69) is 9.82 Å². The Morgan fingerprint density at radius 1 is 1.44 bits per heavy atom. The average molecular weight is 272 g/mol. The molecule has 0 saturated heterocycles. The van der Waals surface area contributed by atoms with Gasteiger partial charge in [0, 0.05) is 18.8 Å². The van der Waals surface area contributed by atoms with E-state index in [-0.39, 0.29) is 10.9 Å². The molecule has 0 aromatic carbocycles. The summed E-state index contributed by atoms with van der Waals surface area (Å²) in [5.41, 5.74) is 5.41. The number of sulfonamides is 1. The highest BCUT2D eigenvalue weighted by molar-refractivity contribution is 7.89. The zero-order chi connectivity index (χ0) is 13.0. The maximum absolute atomic E-state index is 12.1. The second kappa shape index (κ2) is 5.81. The molecule has 0 unspecified atom stereocenters. The molecule has 0 spiro atoms. The topological polar surface area (TPSA) is 90.0 Å². The van der Waals surface area contributed by atoms with Gasteiger partial charge in [-0.1, -0.05) is 12.8 Å². The van der Waals surface area contributed by atoms with Crippen molar-refractivity contribution >= 4 is 10.0 Å². The molecule has 0 atom stereocenters. The molecule has 1 aliphatic carbocycles. The highest BCUT2D eigenvalue weighted by Crippen LogP contribution is 2.20. The maximum Gasteiger partial charge on any atom is 0.243 e. The van der Waals surface area contributed by atoms with Crippen LogP contribution < -0.4 is 10.5 Å². The van der Waals surface area contributed by atoms with Crippen molar-refractivity contribution in [3.8, 4) is 0 Å². The van der Waals surface area contributed by atoms with Crippen molar-refractivity contribution < 1.29 is 8.42 Å². The number of aromatic nitrogens is 2. The summed E-state index contributed by atoms with van der Waals surface area (Å²) >= 11 is 0. The molecule has 1 aromatic rings. The van der Waals surface area contributed by atoms with E-state index in [1.807, 2.05) is 0 Å². The largest absolute Gasteiger partial charge is 0.330 e. The van der Waals surface area contributed by atoms with Crippen molar-refractivity contribution in [1.82, 2.24) is 14.5 Å². The van der Waals surface area contributed by atoms with E-state index in [1.54, 1.807) is 10.9 Å². The van der Waals surface area contributed by atoms with Gasteiger partial charge < -0.3 is 5.73 Å². The molecule has 3 N–H and O–H groups in total. The highest BCUT2D eigenvalue weighted by Gasteiger charge is 2.23. The van der Waals surface area contributed by atoms with Gasteiger partial charge >= 0.3 is 0 Å². The standard InChI is InChI=1S/C11H20N4O2S/c12-6-3-7-15-9-11(8-13-15)18(16,17)14-10-4-1-2-5-10/h8-10,14H,1-7,12H2. The van der Waals surface area contributed by atoms with Gasteiger partial charge in [-0.05, 0) is 25.8 Å². The number of rotatable bonds is 6. The fraction of sp³-hybridized carbons (Fsp3) is 0.727. The Balaban J connectivity index is 2.02. The van der Waals surface area contributed by atoms with Crippen LogP contribution in [0.25, 0.3) is 0 Å². The minimum atomic E-state index is -3.41. The molecule has 0 amide bonds. The lowest BCUT2D eigenvalue weighted by Gasteiger charge is -2.10. The number of nitrogens with two attached hydrogens (primary N) is 1. The summed E-state index contributed by atoms with van der Waals surface area (Å²) in [6, 6.07) is 0.0855. The SMILES string of the molecule is NCCCn1cc(S(=O)(=O)NC2CCCC2)cn1. The summed E-state index contributed by atoms with van der Waals surface area (Å²) in [4.78, 5) is 0.242. The molecular formula is C11H20N4O2S. The Morgan fingerprint density at radius 3 is 2.83 bits per heavy atom. The lowest BCUT2D eigenvalue weighted by Crippen LogP contribution is -2.32. The van der Waals surface area contributed by atoms with Crippen LogP contribution >= 0.6 is 0 Å². The molecule has 0 aliphatic heterocycles. The quantitative estimate of drug-likeness (QED) is 0.787. The van der Waals surface area contributed by atoms with Crippen LogP contribution in [0.2, 0.25) is 0 Å². The van der Waals surface area contributed by atoms with Gasteiger partial charge in [-0.25, -0.2) is 13.1 Å². The van der Waals surface area contributed by atoms with Crippen molar-refractivity contribution in [2.75, 3.05) is 6.54 Å². The van der Waals surface area contributed by atoms with Gasteiger partial charge in [-0.15, -0.1) is 0 Å². The van der Waals surface area contributed by atoms with Gasteiger partial charge in [-0.2, -0.15) is 5.10 Å². The molecule has 6 nitrogen and oxygen atoms in total. The van der Waals surface area contributed by atoms with Crippen LogP contribution in [0.15, 0.2) is 17.3 Å². The highest BCUT2D eigenvalue weighted by atomic mass is 32.2. The zero-order valence-electron chi connectivity index (χ0n) is 10.4. The van der Waals surface area contributed by atoms with Crippen molar-refractivity contribution in [3.05, 3.63) is 12.4 Å². The third-order valence-electron chi connectivity index (χ3n) is 3.19. The second-order valence-corrected chi connectivity index (χ2v) is 6.40. The molecule has 0 radical (unpaired) electrons. The third-order valence-corrected chi connectivity index (χ3v) is 4.66. The molecule has 1 aromatic heterocycles. The lowest BCUT2D eigenvalue weighted by molar-refractivity contribution is 0.551. The van der Waals surface area contributed by atoms with Crippen molar-refractivity contribution in [3.63, 3.8) is 0 Å². The van der Waals surface area contributed by atoms with Gasteiger partial charge in [0.25, 0.3) is 0 Å². The Morgan fingerprint density at radius 2 is 2.17 bits per heavy atom. The van der Waals surface area contributed by atoms with E-state index in [1.165, 1.54) is 6.20 Å². The van der Waals surface area contributed by atoms with Gasteiger partial charge in [0.1, 0.15) is 4.90 Å². The van der Waals surface area contributed by atoms with E-state index in [9.17, 15) is 8.42 Å². The number of nitrogens with one attached hydrogen (secondary N) is 1. The normalized spacial score (nSPS) is 17.4. The minimum Gasteiger partial charge on any atom is -0.330 e. The summed E-state index contributed by atoms with van der Waals surface area (Å²) in [6.07, 6.45) is 7.81. The van der Waals surface area contributed by atoms with E-state index >= 15 is 0 Å². The summed E-state index contributed by atoms with van der Waals surface area (Å²) in [5, 5.41) is 4.04. The first-order valence-electron chi connectivity index (χ1n) is 6.36. The molecule has 1 aliphatic rings. The monoisotopic (exact) mass is 272 g/mol. The first-order valence-corrected chi connectivity index (χ1v) is 7.85. The molecule has 1 heterocycles. The molecule has 1 saturated carbocycles. The molecule has 18 heavy (non-hydrogen) atoms.